The number of halogens is 2. The van der Waals surface area contributed by atoms with Gasteiger partial charge in [-0.15, -0.1) is 10.2 Å². The van der Waals surface area contributed by atoms with Crippen molar-refractivity contribution in [3.63, 3.8) is 0 Å². The summed E-state index contributed by atoms with van der Waals surface area (Å²) in [5, 5.41) is 12.2. The predicted molar refractivity (Wildman–Crippen MR) is 108 cm³/mol. The maximum Gasteiger partial charge on any atom is 0.247 e. The molecular formula is C22H17ClFN3O. The first-order valence-corrected chi connectivity index (χ1v) is 9.15. The number of aryl methyl sites for hydroxylation is 1. The van der Waals surface area contributed by atoms with Crippen LogP contribution in [0.5, 0.6) is 0 Å². The minimum absolute atomic E-state index is 0.287. The third kappa shape index (κ3) is 3.89. The lowest BCUT2D eigenvalue weighted by Gasteiger charge is -2.17. The molecule has 3 aromatic carbocycles. The number of benzene rings is 3. The zero-order chi connectivity index (χ0) is 19.5. The third-order valence-electron chi connectivity index (χ3n) is 4.37. The van der Waals surface area contributed by atoms with E-state index in [9.17, 15) is 4.39 Å². The van der Waals surface area contributed by atoms with Crippen LogP contribution in [0.15, 0.2) is 77.2 Å². The topological polar surface area (TPSA) is 51.0 Å². The molecule has 0 amide bonds. The van der Waals surface area contributed by atoms with Crippen molar-refractivity contribution in [2.75, 3.05) is 5.32 Å². The van der Waals surface area contributed by atoms with E-state index in [2.05, 4.69) is 15.5 Å². The number of anilines is 1. The first-order chi connectivity index (χ1) is 13.6. The number of hydrogen-bond donors (Lipinski definition) is 1. The van der Waals surface area contributed by atoms with E-state index >= 15 is 0 Å². The van der Waals surface area contributed by atoms with Crippen molar-refractivity contribution in [3.05, 3.63) is 101 Å². The van der Waals surface area contributed by atoms with Crippen LogP contribution in [0.2, 0.25) is 5.02 Å². The maximum atomic E-state index is 14.0. The molecule has 0 spiro atoms. The molecule has 0 aliphatic rings. The fourth-order valence-corrected chi connectivity index (χ4v) is 3.07. The molecule has 4 rings (SSSR count). The second-order valence-corrected chi connectivity index (χ2v) is 6.84. The lowest BCUT2D eigenvalue weighted by molar-refractivity contribution is 0.494. The molecule has 4 nitrogen and oxygen atoms in total. The molecule has 0 saturated heterocycles. The van der Waals surface area contributed by atoms with Crippen molar-refractivity contribution in [3.8, 4) is 11.5 Å². The molecule has 0 aliphatic carbocycles. The number of rotatable bonds is 5. The van der Waals surface area contributed by atoms with Crippen molar-refractivity contribution in [1.82, 2.24) is 10.2 Å². The van der Waals surface area contributed by atoms with Gasteiger partial charge in [0.1, 0.15) is 11.9 Å². The van der Waals surface area contributed by atoms with Crippen LogP contribution in [0, 0.1) is 12.7 Å². The Hall–Kier alpha value is -3.18. The van der Waals surface area contributed by atoms with Gasteiger partial charge in [0.05, 0.1) is 0 Å². The highest BCUT2D eigenvalue weighted by Gasteiger charge is 2.22. The van der Waals surface area contributed by atoms with Crippen molar-refractivity contribution in [2.45, 2.75) is 13.0 Å². The minimum atomic E-state index is -0.481. The molecule has 0 aliphatic heterocycles. The van der Waals surface area contributed by atoms with Crippen LogP contribution < -0.4 is 5.32 Å². The zero-order valence-corrected chi connectivity index (χ0v) is 15.8. The summed E-state index contributed by atoms with van der Waals surface area (Å²) in [6, 6.07) is 21.4. The highest BCUT2D eigenvalue weighted by molar-refractivity contribution is 6.30. The van der Waals surface area contributed by atoms with Gasteiger partial charge in [0.2, 0.25) is 11.8 Å². The number of hydrogen-bond acceptors (Lipinski definition) is 4. The van der Waals surface area contributed by atoms with E-state index in [0.717, 1.165) is 11.1 Å². The molecule has 0 bridgehead atoms. The summed E-state index contributed by atoms with van der Waals surface area (Å²) in [7, 11) is 0. The molecule has 0 fully saturated rings. The van der Waals surface area contributed by atoms with Gasteiger partial charge in [-0.05, 0) is 54.4 Å². The van der Waals surface area contributed by atoms with Crippen LogP contribution in [-0.2, 0) is 0 Å². The van der Waals surface area contributed by atoms with Crippen LogP contribution >= 0.6 is 11.6 Å². The fraction of sp³-hybridized carbons (Fsp3) is 0.0909. The van der Waals surface area contributed by atoms with Crippen LogP contribution in [0.3, 0.4) is 0 Å². The molecule has 4 aromatic rings. The molecule has 0 saturated carbocycles. The summed E-state index contributed by atoms with van der Waals surface area (Å²) in [5.74, 6) is 0.493. The molecule has 140 valence electrons. The van der Waals surface area contributed by atoms with Gasteiger partial charge in [-0.3, -0.25) is 0 Å². The van der Waals surface area contributed by atoms with Gasteiger partial charge in [-0.1, -0.05) is 48.0 Å². The quantitative estimate of drug-likeness (QED) is 0.449. The van der Waals surface area contributed by atoms with E-state index in [1.54, 1.807) is 19.1 Å². The van der Waals surface area contributed by atoms with E-state index in [1.807, 2.05) is 54.6 Å². The summed E-state index contributed by atoms with van der Waals surface area (Å²) in [6.45, 7) is 1.72. The number of aromatic nitrogens is 2. The van der Waals surface area contributed by atoms with Crippen molar-refractivity contribution < 1.29 is 8.81 Å². The van der Waals surface area contributed by atoms with E-state index in [-0.39, 0.29) is 5.82 Å². The highest BCUT2D eigenvalue weighted by atomic mass is 35.5. The van der Waals surface area contributed by atoms with Crippen molar-refractivity contribution in [2.24, 2.45) is 0 Å². The van der Waals surface area contributed by atoms with E-state index in [0.29, 0.717) is 28.1 Å². The number of nitrogens with one attached hydrogen (secondary N) is 1. The molecule has 0 unspecified atom stereocenters. The highest BCUT2D eigenvalue weighted by Crippen LogP contribution is 2.30. The predicted octanol–water partition coefficient (Wildman–Crippen LogP) is 6.04. The molecule has 0 radical (unpaired) electrons. The van der Waals surface area contributed by atoms with Gasteiger partial charge in [0, 0.05) is 16.3 Å². The SMILES string of the molecule is Cc1ccc(N[C@@H](c2cccc(Cl)c2)c2nnc(-c3ccccc3)o2)cc1F. The Balaban J connectivity index is 1.73. The van der Waals surface area contributed by atoms with Gasteiger partial charge < -0.3 is 9.73 Å². The monoisotopic (exact) mass is 393 g/mol. The van der Waals surface area contributed by atoms with Gasteiger partial charge in [-0.25, -0.2) is 4.39 Å². The molecule has 1 atom stereocenters. The van der Waals surface area contributed by atoms with Gasteiger partial charge in [0.25, 0.3) is 0 Å². The van der Waals surface area contributed by atoms with Crippen LogP contribution in [0.4, 0.5) is 10.1 Å². The number of nitrogens with zero attached hydrogens (tertiary/aromatic N) is 2. The van der Waals surface area contributed by atoms with E-state index in [4.69, 9.17) is 16.0 Å². The summed E-state index contributed by atoms with van der Waals surface area (Å²) >= 11 is 6.17. The zero-order valence-electron chi connectivity index (χ0n) is 15.1. The molecular weight excluding hydrogens is 377 g/mol. The summed E-state index contributed by atoms with van der Waals surface area (Å²) in [5.41, 5.74) is 2.84. The average Bonchev–Trinajstić information content (AvgIpc) is 3.19. The normalized spacial score (nSPS) is 12.0. The molecule has 1 aromatic heterocycles. The first kappa shape index (κ1) is 18.2. The van der Waals surface area contributed by atoms with Crippen LogP contribution in [0.25, 0.3) is 11.5 Å². The van der Waals surface area contributed by atoms with Gasteiger partial charge in [-0.2, -0.15) is 0 Å². The minimum Gasteiger partial charge on any atom is -0.418 e. The Kier molecular flexibility index (Phi) is 5.08. The Morgan fingerprint density at radius 2 is 1.79 bits per heavy atom. The first-order valence-electron chi connectivity index (χ1n) is 8.77. The average molecular weight is 394 g/mol. The van der Waals surface area contributed by atoms with Crippen LogP contribution in [-0.4, -0.2) is 10.2 Å². The van der Waals surface area contributed by atoms with Gasteiger partial charge in [0.15, 0.2) is 0 Å². The maximum absolute atomic E-state index is 14.0. The van der Waals surface area contributed by atoms with Crippen molar-refractivity contribution >= 4 is 17.3 Å². The summed E-state index contributed by atoms with van der Waals surface area (Å²) in [4.78, 5) is 0. The smallest absolute Gasteiger partial charge is 0.247 e. The van der Waals surface area contributed by atoms with Crippen molar-refractivity contribution in [1.29, 1.82) is 0 Å². The second-order valence-electron chi connectivity index (χ2n) is 6.41. The van der Waals surface area contributed by atoms with E-state index < -0.39 is 6.04 Å². The molecule has 1 heterocycles. The fourth-order valence-electron chi connectivity index (χ4n) is 2.87. The standard InChI is InChI=1S/C22H17ClFN3O/c1-14-10-11-18(13-19(14)24)25-20(16-8-5-9-17(23)12-16)22-27-26-21(28-22)15-6-3-2-4-7-15/h2-13,20,25H,1H3/t20-/m0/s1. The van der Waals surface area contributed by atoms with Crippen LogP contribution in [0.1, 0.15) is 23.1 Å². The summed E-state index contributed by atoms with van der Waals surface area (Å²) in [6.07, 6.45) is 0. The molecule has 28 heavy (non-hydrogen) atoms. The largest absolute Gasteiger partial charge is 0.418 e. The lowest BCUT2D eigenvalue weighted by Crippen LogP contribution is -2.13. The molecule has 6 heteroatoms. The summed E-state index contributed by atoms with van der Waals surface area (Å²) < 4.78 is 19.9. The Morgan fingerprint density at radius 3 is 2.54 bits per heavy atom. The Morgan fingerprint density at radius 1 is 0.964 bits per heavy atom. The Labute approximate surface area is 167 Å². The molecule has 1 N–H and O–H groups in total. The second kappa shape index (κ2) is 7.82. The third-order valence-corrected chi connectivity index (χ3v) is 4.61. The van der Waals surface area contributed by atoms with Gasteiger partial charge >= 0.3 is 0 Å². The lowest BCUT2D eigenvalue weighted by atomic mass is 10.1. The Bertz CT molecular complexity index is 1100. The van der Waals surface area contributed by atoms with E-state index in [1.165, 1.54) is 6.07 Å².